The fourth-order valence-corrected chi connectivity index (χ4v) is 6.16. The number of esters is 2. The van der Waals surface area contributed by atoms with Gasteiger partial charge in [0, 0.05) is 36.5 Å². The molecule has 0 amide bonds. The molecular formula is C35H30ClNO7. The molecule has 0 radical (unpaired) electrons. The lowest BCUT2D eigenvalue weighted by Crippen LogP contribution is -2.52. The van der Waals surface area contributed by atoms with Gasteiger partial charge in [-0.15, -0.1) is 0 Å². The molecule has 224 valence electrons. The van der Waals surface area contributed by atoms with E-state index in [9.17, 15) is 14.4 Å². The third-order valence-electron chi connectivity index (χ3n) is 7.98. The average Bonchev–Trinajstić information content (AvgIpc) is 2.99. The molecule has 2 unspecified atom stereocenters. The number of halogens is 1. The molecule has 2 atom stereocenters. The minimum absolute atomic E-state index is 0.249. The molecule has 1 aromatic heterocycles. The van der Waals surface area contributed by atoms with Crippen LogP contribution < -0.4 is 14.9 Å². The van der Waals surface area contributed by atoms with Gasteiger partial charge in [0.2, 0.25) is 5.43 Å². The maximum Gasteiger partial charge on any atom is 0.331 e. The molecule has 0 fully saturated rings. The molecule has 0 N–H and O–H groups in total. The third kappa shape index (κ3) is 4.95. The lowest BCUT2D eigenvalue weighted by Gasteiger charge is -2.43. The first kappa shape index (κ1) is 29.3. The van der Waals surface area contributed by atoms with Crippen LogP contribution >= 0.6 is 11.6 Å². The zero-order valence-corrected chi connectivity index (χ0v) is 25.6. The van der Waals surface area contributed by atoms with Crippen molar-refractivity contribution in [1.29, 1.82) is 0 Å². The number of hydrogen-bond acceptors (Lipinski definition) is 7. The lowest BCUT2D eigenvalue weighted by molar-refractivity contribution is -0.185. The van der Waals surface area contributed by atoms with Crippen LogP contribution in [0.2, 0.25) is 5.02 Å². The van der Waals surface area contributed by atoms with E-state index in [2.05, 4.69) is 0 Å². The minimum Gasteiger partial charge on any atom is -0.496 e. The Morgan fingerprint density at radius 3 is 2.36 bits per heavy atom. The molecule has 44 heavy (non-hydrogen) atoms. The SMILES string of the molecule is COc1cc2c(c3c1c(=O)c1cc4ccccc4cc1n3C)C(OC(C)=O)C(OC(=O)/C=C/c1ccccc1Cl)C(C)(C)O2. The molecule has 0 bridgehead atoms. The lowest BCUT2D eigenvalue weighted by atomic mass is 9.86. The van der Waals surface area contributed by atoms with Crippen LogP contribution in [0.3, 0.4) is 0 Å². The molecule has 2 heterocycles. The summed E-state index contributed by atoms with van der Waals surface area (Å²) in [6.45, 7) is 4.76. The summed E-state index contributed by atoms with van der Waals surface area (Å²) < 4.78 is 25.9. The summed E-state index contributed by atoms with van der Waals surface area (Å²) in [6, 6.07) is 20.3. The first-order chi connectivity index (χ1) is 21.0. The highest BCUT2D eigenvalue weighted by Gasteiger charge is 2.50. The van der Waals surface area contributed by atoms with E-state index in [1.807, 2.05) is 48.0 Å². The van der Waals surface area contributed by atoms with Crippen molar-refractivity contribution < 1.29 is 28.5 Å². The van der Waals surface area contributed by atoms with Gasteiger partial charge in [-0.05, 0) is 54.5 Å². The number of aryl methyl sites for hydroxylation is 1. The van der Waals surface area contributed by atoms with Crippen LogP contribution in [0.25, 0.3) is 38.7 Å². The Morgan fingerprint density at radius 2 is 1.68 bits per heavy atom. The predicted octanol–water partition coefficient (Wildman–Crippen LogP) is 6.91. The number of pyridine rings is 1. The molecular weight excluding hydrogens is 582 g/mol. The monoisotopic (exact) mass is 611 g/mol. The van der Waals surface area contributed by atoms with Gasteiger partial charge in [0.25, 0.3) is 0 Å². The Labute approximate surface area is 258 Å². The van der Waals surface area contributed by atoms with E-state index < -0.39 is 29.7 Å². The second-order valence-electron chi connectivity index (χ2n) is 11.3. The number of rotatable bonds is 5. The molecule has 0 saturated carbocycles. The number of benzene rings is 4. The van der Waals surface area contributed by atoms with Gasteiger partial charge in [-0.3, -0.25) is 9.59 Å². The van der Waals surface area contributed by atoms with Gasteiger partial charge in [-0.2, -0.15) is 0 Å². The second kappa shape index (κ2) is 11.0. The number of ether oxygens (including phenoxy) is 4. The van der Waals surface area contributed by atoms with Gasteiger partial charge in [0.15, 0.2) is 12.2 Å². The number of methoxy groups -OCH3 is 1. The van der Waals surface area contributed by atoms with Gasteiger partial charge in [-0.25, -0.2) is 4.79 Å². The van der Waals surface area contributed by atoms with Gasteiger partial charge in [-0.1, -0.05) is 54.1 Å². The predicted molar refractivity (Wildman–Crippen MR) is 170 cm³/mol. The quantitative estimate of drug-likeness (QED) is 0.121. The van der Waals surface area contributed by atoms with Gasteiger partial charge in [0.1, 0.15) is 17.1 Å². The van der Waals surface area contributed by atoms with Crippen molar-refractivity contribution in [3.05, 3.63) is 99.2 Å². The fraction of sp³-hybridized carbons (Fsp3) is 0.229. The molecule has 0 saturated heterocycles. The van der Waals surface area contributed by atoms with E-state index in [0.29, 0.717) is 49.5 Å². The largest absolute Gasteiger partial charge is 0.496 e. The first-order valence-electron chi connectivity index (χ1n) is 14.1. The third-order valence-corrected chi connectivity index (χ3v) is 8.32. The summed E-state index contributed by atoms with van der Waals surface area (Å²) in [5.41, 5.74) is 0.755. The van der Waals surface area contributed by atoms with E-state index in [-0.39, 0.29) is 5.43 Å². The van der Waals surface area contributed by atoms with Crippen molar-refractivity contribution in [3.63, 3.8) is 0 Å². The molecule has 4 aromatic carbocycles. The molecule has 9 heteroatoms. The van der Waals surface area contributed by atoms with Crippen molar-refractivity contribution in [2.45, 2.75) is 38.6 Å². The number of aromatic nitrogens is 1. The first-order valence-corrected chi connectivity index (χ1v) is 14.4. The smallest absolute Gasteiger partial charge is 0.331 e. The summed E-state index contributed by atoms with van der Waals surface area (Å²) in [7, 11) is 3.31. The Balaban J connectivity index is 1.57. The molecule has 0 spiro atoms. The zero-order valence-electron chi connectivity index (χ0n) is 24.8. The van der Waals surface area contributed by atoms with E-state index in [0.717, 1.165) is 10.8 Å². The van der Waals surface area contributed by atoms with Crippen molar-refractivity contribution in [2.24, 2.45) is 7.05 Å². The Hall–Kier alpha value is -4.82. The summed E-state index contributed by atoms with van der Waals surface area (Å²) in [5.74, 6) is -0.618. The van der Waals surface area contributed by atoms with E-state index in [1.54, 1.807) is 50.3 Å². The number of carbonyl (C=O) groups is 2. The number of nitrogens with zero attached hydrogens (tertiary/aromatic N) is 1. The highest BCUT2D eigenvalue weighted by Crippen LogP contribution is 2.49. The van der Waals surface area contributed by atoms with Crippen molar-refractivity contribution in [3.8, 4) is 11.5 Å². The average molecular weight is 612 g/mol. The fourth-order valence-electron chi connectivity index (χ4n) is 5.96. The standard InChI is InChI=1S/C35H30ClNO7/c1-19(38)42-33-30-27(44-35(2,3)34(33)43-28(39)15-14-20-10-8-9-13-24(20)36)18-26(41-5)29-31(30)37(4)25-17-22-12-7-6-11-21(22)16-23(25)32(29)40/h6-18,33-34H,1-5H3/b15-14+. The maximum atomic E-state index is 14.2. The Kier molecular flexibility index (Phi) is 7.33. The molecule has 6 rings (SSSR count). The summed E-state index contributed by atoms with van der Waals surface area (Å²) in [6.07, 6.45) is 0.622. The van der Waals surface area contributed by atoms with Crippen LogP contribution in [0, 0.1) is 0 Å². The number of hydrogen-bond donors (Lipinski definition) is 0. The maximum absolute atomic E-state index is 14.2. The molecule has 8 nitrogen and oxygen atoms in total. The van der Waals surface area contributed by atoms with E-state index in [1.165, 1.54) is 20.1 Å². The van der Waals surface area contributed by atoms with Gasteiger partial charge >= 0.3 is 11.9 Å². The number of fused-ring (bicyclic) bond motifs is 5. The van der Waals surface area contributed by atoms with Crippen LogP contribution in [-0.4, -0.2) is 35.3 Å². The molecule has 1 aliphatic rings. The molecule has 1 aliphatic heterocycles. The molecule has 5 aromatic rings. The van der Waals surface area contributed by atoms with Crippen LogP contribution in [0.4, 0.5) is 0 Å². The summed E-state index contributed by atoms with van der Waals surface area (Å²) >= 11 is 6.24. The Morgan fingerprint density at radius 1 is 1.00 bits per heavy atom. The second-order valence-corrected chi connectivity index (χ2v) is 11.7. The minimum atomic E-state index is -1.15. The van der Waals surface area contributed by atoms with Crippen LogP contribution in [0.1, 0.15) is 38.0 Å². The van der Waals surface area contributed by atoms with E-state index >= 15 is 0 Å². The molecule has 0 aliphatic carbocycles. The Bertz CT molecular complexity index is 2080. The number of carbonyl (C=O) groups excluding carboxylic acids is 2. The topological polar surface area (TPSA) is 93.1 Å². The highest BCUT2D eigenvalue weighted by molar-refractivity contribution is 6.32. The van der Waals surface area contributed by atoms with Crippen molar-refractivity contribution in [1.82, 2.24) is 4.57 Å². The summed E-state index contributed by atoms with van der Waals surface area (Å²) in [5, 5.41) is 3.16. The highest BCUT2D eigenvalue weighted by atomic mass is 35.5. The van der Waals surface area contributed by atoms with E-state index in [4.69, 9.17) is 30.5 Å². The van der Waals surface area contributed by atoms with Crippen LogP contribution in [-0.2, 0) is 26.1 Å². The van der Waals surface area contributed by atoms with Gasteiger partial charge in [0.05, 0.1) is 29.1 Å². The normalized spacial score (nSPS) is 17.4. The van der Waals surface area contributed by atoms with Crippen molar-refractivity contribution in [2.75, 3.05) is 7.11 Å². The van der Waals surface area contributed by atoms with Crippen molar-refractivity contribution >= 4 is 62.2 Å². The van der Waals surface area contributed by atoms with Crippen LogP contribution in [0.15, 0.2) is 77.6 Å². The zero-order chi connectivity index (χ0) is 31.3. The van der Waals surface area contributed by atoms with Gasteiger partial charge < -0.3 is 23.5 Å². The van der Waals surface area contributed by atoms with Crippen LogP contribution in [0.5, 0.6) is 11.5 Å². The summed E-state index contributed by atoms with van der Waals surface area (Å²) in [4.78, 5) is 39.9.